The minimum absolute atomic E-state index is 0.492. The smallest absolute Gasteiger partial charge is 0.0458 e. The Kier molecular flexibility index (Phi) is 5.21. The van der Waals surface area contributed by atoms with Crippen LogP contribution in [0.4, 0.5) is 5.69 Å². The topological polar surface area (TPSA) is 29.3 Å². The second-order valence-electron chi connectivity index (χ2n) is 5.34. The van der Waals surface area contributed by atoms with E-state index in [1.807, 2.05) is 6.07 Å². The molecule has 0 bridgehead atoms. The van der Waals surface area contributed by atoms with Gasteiger partial charge >= 0.3 is 0 Å². The minimum Gasteiger partial charge on any atom is -0.398 e. The molecule has 0 atom stereocenters. The average Bonchev–Trinajstić information content (AvgIpc) is 2.43. The van der Waals surface area contributed by atoms with Crippen molar-refractivity contribution in [2.45, 2.75) is 33.0 Å². The number of nitrogens with zero attached hydrogens (tertiary/aromatic N) is 1. The van der Waals surface area contributed by atoms with Gasteiger partial charge in [0, 0.05) is 29.3 Å². The number of rotatable bonds is 5. The highest BCUT2D eigenvalue weighted by molar-refractivity contribution is 9.10. The van der Waals surface area contributed by atoms with Gasteiger partial charge in [0.25, 0.3) is 0 Å². The highest BCUT2D eigenvalue weighted by atomic mass is 79.9. The minimum atomic E-state index is 0.492. The predicted octanol–water partition coefficient (Wildman–Crippen LogP) is 4.44. The molecule has 0 saturated heterocycles. The van der Waals surface area contributed by atoms with Crippen LogP contribution in [0.25, 0.3) is 0 Å². The number of hydrogen-bond acceptors (Lipinski definition) is 2. The molecule has 0 spiro atoms. The summed E-state index contributed by atoms with van der Waals surface area (Å²) in [5.41, 5.74) is 9.24. The van der Waals surface area contributed by atoms with Crippen molar-refractivity contribution in [3.63, 3.8) is 0 Å². The van der Waals surface area contributed by atoms with Crippen LogP contribution < -0.4 is 5.73 Å². The van der Waals surface area contributed by atoms with Crippen LogP contribution in [0.5, 0.6) is 0 Å². The van der Waals surface area contributed by atoms with Gasteiger partial charge < -0.3 is 5.73 Å². The zero-order valence-corrected chi connectivity index (χ0v) is 13.6. The van der Waals surface area contributed by atoms with Crippen LogP contribution in [-0.2, 0) is 13.1 Å². The Bertz CT molecular complexity index is 552. The fourth-order valence-corrected chi connectivity index (χ4v) is 2.57. The Morgan fingerprint density at radius 1 is 1.00 bits per heavy atom. The molecule has 0 fully saturated rings. The summed E-state index contributed by atoms with van der Waals surface area (Å²) in [5, 5.41) is 0. The molecular formula is C17H21BrN2. The lowest BCUT2D eigenvalue weighted by Gasteiger charge is -2.27. The van der Waals surface area contributed by atoms with Gasteiger partial charge in [-0.1, -0.05) is 36.4 Å². The van der Waals surface area contributed by atoms with E-state index in [2.05, 4.69) is 77.1 Å². The lowest BCUT2D eigenvalue weighted by atomic mass is 10.1. The Labute approximate surface area is 129 Å². The van der Waals surface area contributed by atoms with E-state index in [9.17, 15) is 0 Å². The van der Waals surface area contributed by atoms with E-state index in [0.29, 0.717) is 6.04 Å². The van der Waals surface area contributed by atoms with Crippen LogP contribution in [0, 0.1) is 0 Å². The maximum atomic E-state index is 5.84. The molecule has 2 aromatic rings. The highest BCUT2D eigenvalue weighted by Gasteiger charge is 2.11. The van der Waals surface area contributed by atoms with Gasteiger partial charge in [-0.15, -0.1) is 0 Å². The van der Waals surface area contributed by atoms with Gasteiger partial charge in [-0.05, 0) is 53.0 Å². The fraction of sp³-hybridized carbons (Fsp3) is 0.294. The van der Waals surface area contributed by atoms with Crippen LogP contribution in [0.15, 0.2) is 53.0 Å². The van der Waals surface area contributed by atoms with E-state index in [1.54, 1.807) is 0 Å². The predicted molar refractivity (Wildman–Crippen MR) is 89.4 cm³/mol. The molecule has 2 rings (SSSR count). The molecule has 0 amide bonds. The molecule has 2 nitrogen and oxygen atoms in total. The third kappa shape index (κ3) is 4.09. The summed E-state index contributed by atoms with van der Waals surface area (Å²) in [6.07, 6.45) is 0. The number of halogens is 1. The molecule has 106 valence electrons. The van der Waals surface area contributed by atoms with E-state index in [1.165, 1.54) is 11.1 Å². The zero-order chi connectivity index (χ0) is 14.5. The molecule has 0 saturated carbocycles. The maximum absolute atomic E-state index is 5.84. The third-order valence-electron chi connectivity index (χ3n) is 3.41. The average molecular weight is 333 g/mol. The first-order valence-corrected chi connectivity index (χ1v) is 7.67. The van der Waals surface area contributed by atoms with E-state index >= 15 is 0 Å². The number of benzene rings is 2. The second-order valence-corrected chi connectivity index (χ2v) is 6.19. The Hall–Kier alpha value is -1.32. The van der Waals surface area contributed by atoms with Crippen molar-refractivity contribution >= 4 is 21.6 Å². The van der Waals surface area contributed by atoms with E-state index in [0.717, 1.165) is 23.2 Å². The second kappa shape index (κ2) is 6.91. The van der Waals surface area contributed by atoms with Crippen molar-refractivity contribution in [1.29, 1.82) is 0 Å². The monoisotopic (exact) mass is 332 g/mol. The van der Waals surface area contributed by atoms with Crippen LogP contribution in [0.1, 0.15) is 25.0 Å². The van der Waals surface area contributed by atoms with Crippen molar-refractivity contribution in [1.82, 2.24) is 4.90 Å². The summed E-state index contributed by atoms with van der Waals surface area (Å²) < 4.78 is 0.971. The molecule has 3 heteroatoms. The molecule has 0 aromatic heterocycles. The van der Waals surface area contributed by atoms with E-state index < -0.39 is 0 Å². The summed E-state index contributed by atoms with van der Waals surface area (Å²) >= 11 is 3.50. The standard InChI is InChI=1S/C17H21BrN2/c1-13(2)20(11-14-6-4-3-5-7-14)12-15-8-9-17(19)16(18)10-15/h3-10,13H,11-12,19H2,1-2H3. The third-order valence-corrected chi connectivity index (χ3v) is 4.10. The van der Waals surface area contributed by atoms with Gasteiger partial charge in [0.1, 0.15) is 0 Å². The maximum Gasteiger partial charge on any atom is 0.0458 e. The van der Waals surface area contributed by atoms with Gasteiger partial charge in [0.05, 0.1) is 0 Å². The zero-order valence-electron chi connectivity index (χ0n) is 12.0. The Morgan fingerprint density at radius 3 is 2.25 bits per heavy atom. The normalized spacial score (nSPS) is 11.2. The lowest BCUT2D eigenvalue weighted by molar-refractivity contribution is 0.203. The van der Waals surface area contributed by atoms with Crippen LogP contribution in [0.2, 0.25) is 0 Å². The molecule has 2 aromatic carbocycles. The van der Waals surface area contributed by atoms with E-state index in [-0.39, 0.29) is 0 Å². The molecular weight excluding hydrogens is 312 g/mol. The molecule has 20 heavy (non-hydrogen) atoms. The summed E-state index contributed by atoms with van der Waals surface area (Å²) in [4.78, 5) is 2.45. The lowest BCUT2D eigenvalue weighted by Crippen LogP contribution is -2.29. The summed E-state index contributed by atoms with van der Waals surface area (Å²) in [7, 11) is 0. The molecule has 0 heterocycles. The molecule has 0 radical (unpaired) electrons. The van der Waals surface area contributed by atoms with E-state index in [4.69, 9.17) is 5.73 Å². The number of nitrogens with two attached hydrogens (primary N) is 1. The summed E-state index contributed by atoms with van der Waals surface area (Å²) in [5.74, 6) is 0. The van der Waals surface area contributed by atoms with Crippen molar-refractivity contribution in [2.24, 2.45) is 0 Å². The van der Waals surface area contributed by atoms with Gasteiger partial charge in [-0.25, -0.2) is 0 Å². The van der Waals surface area contributed by atoms with Gasteiger partial charge in [-0.2, -0.15) is 0 Å². The first-order valence-electron chi connectivity index (χ1n) is 6.88. The van der Waals surface area contributed by atoms with Crippen molar-refractivity contribution in [3.05, 3.63) is 64.1 Å². The number of anilines is 1. The molecule has 0 unspecified atom stereocenters. The fourth-order valence-electron chi connectivity index (χ4n) is 2.14. The molecule has 0 aliphatic carbocycles. The number of nitrogen functional groups attached to an aromatic ring is 1. The van der Waals surface area contributed by atoms with Crippen molar-refractivity contribution in [3.8, 4) is 0 Å². The van der Waals surface area contributed by atoms with Crippen molar-refractivity contribution < 1.29 is 0 Å². The highest BCUT2D eigenvalue weighted by Crippen LogP contribution is 2.22. The summed E-state index contributed by atoms with van der Waals surface area (Å²) in [6, 6.07) is 17.2. The van der Waals surface area contributed by atoms with Crippen LogP contribution >= 0.6 is 15.9 Å². The van der Waals surface area contributed by atoms with Crippen LogP contribution in [-0.4, -0.2) is 10.9 Å². The quantitative estimate of drug-likeness (QED) is 0.820. The van der Waals surface area contributed by atoms with Gasteiger partial charge in [-0.3, -0.25) is 4.90 Å². The largest absolute Gasteiger partial charge is 0.398 e. The van der Waals surface area contributed by atoms with Gasteiger partial charge in [0.15, 0.2) is 0 Å². The Morgan fingerprint density at radius 2 is 1.65 bits per heavy atom. The molecule has 0 aliphatic rings. The molecule has 0 aliphatic heterocycles. The van der Waals surface area contributed by atoms with Crippen LogP contribution in [0.3, 0.4) is 0 Å². The first-order chi connectivity index (χ1) is 9.56. The first kappa shape index (κ1) is 15.1. The van der Waals surface area contributed by atoms with Gasteiger partial charge in [0.2, 0.25) is 0 Å². The van der Waals surface area contributed by atoms with Crippen molar-refractivity contribution in [2.75, 3.05) is 5.73 Å². The number of hydrogen-bond donors (Lipinski definition) is 1. The SMILES string of the molecule is CC(C)N(Cc1ccccc1)Cc1ccc(N)c(Br)c1. The molecule has 2 N–H and O–H groups in total. The summed E-state index contributed by atoms with van der Waals surface area (Å²) in [6.45, 7) is 6.34. The Balaban J connectivity index is 2.11.